The number of carbonyl (C=O) groups excluding carboxylic acids is 2. The van der Waals surface area contributed by atoms with Gasteiger partial charge in [-0.25, -0.2) is 0 Å². The molecule has 0 radical (unpaired) electrons. The maximum absolute atomic E-state index is 12.2. The fourth-order valence-electron chi connectivity index (χ4n) is 3.00. The third kappa shape index (κ3) is 4.33. The third-order valence-electron chi connectivity index (χ3n) is 4.34. The molecule has 23 heavy (non-hydrogen) atoms. The van der Waals surface area contributed by atoms with E-state index in [9.17, 15) is 9.59 Å². The fraction of sp³-hybridized carbons (Fsp3) is 0.625. The molecule has 1 atom stereocenters. The maximum Gasteiger partial charge on any atom is 0.225 e. The zero-order valence-corrected chi connectivity index (χ0v) is 13.2. The molecule has 7 heteroatoms. The summed E-state index contributed by atoms with van der Waals surface area (Å²) in [6.07, 6.45) is 1.87. The summed E-state index contributed by atoms with van der Waals surface area (Å²) in [5, 5.41) is 2.95. The van der Waals surface area contributed by atoms with E-state index >= 15 is 0 Å². The molecule has 2 aliphatic heterocycles. The predicted molar refractivity (Wildman–Crippen MR) is 82.5 cm³/mol. The normalized spacial score (nSPS) is 22.5. The summed E-state index contributed by atoms with van der Waals surface area (Å²) in [7, 11) is 0. The highest BCUT2D eigenvalue weighted by molar-refractivity contribution is 5.89. The van der Waals surface area contributed by atoms with Crippen molar-refractivity contribution >= 4 is 11.8 Å². The topological polar surface area (TPSA) is 75.0 Å². The summed E-state index contributed by atoms with van der Waals surface area (Å²) in [5.74, 6) is 0.456. The number of nitrogens with zero attached hydrogens (tertiary/aromatic N) is 2. The van der Waals surface area contributed by atoms with Crippen molar-refractivity contribution in [1.82, 2.24) is 15.1 Å². The van der Waals surface area contributed by atoms with Crippen LogP contribution in [0.2, 0.25) is 0 Å². The first-order valence-corrected chi connectivity index (χ1v) is 8.10. The highest BCUT2D eigenvalue weighted by atomic mass is 16.5. The molecule has 0 saturated carbocycles. The highest BCUT2D eigenvalue weighted by Gasteiger charge is 2.34. The number of carbonyl (C=O) groups is 2. The van der Waals surface area contributed by atoms with Gasteiger partial charge in [0.2, 0.25) is 11.8 Å². The summed E-state index contributed by atoms with van der Waals surface area (Å²) in [6.45, 7) is 5.67. The lowest BCUT2D eigenvalue weighted by Crippen LogP contribution is -2.42. The monoisotopic (exact) mass is 321 g/mol. The van der Waals surface area contributed by atoms with Crippen molar-refractivity contribution in [2.75, 3.05) is 45.9 Å². The van der Waals surface area contributed by atoms with Crippen LogP contribution in [-0.4, -0.2) is 67.6 Å². The van der Waals surface area contributed by atoms with Crippen molar-refractivity contribution in [1.29, 1.82) is 0 Å². The van der Waals surface area contributed by atoms with Crippen molar-refractivity contribution in [3.05, 3.63) is 24.2 Å². The van der Waals surface area contributed by atoms with Crippen LogP contribution >= 0.6 is 0 Å². The molecule has 1 aromatic rings. The molecule has 2 fully saturated rings. The van der Waals surface area contributed by atoms with Gasteiger partial charge >= 0.3 is 0 Å². The Balaban J connectivity index is 1.40. The number of hydrogen-bond donors (Lipinski definition) is 1. The van der Waals surface area contributed by atoms with E-state index in [0.29, 0.717) is 19.6 Å². The Labute approximate surface area is 135 Å². The van der Waals surface area contributed by atoms with E-state index in [1.54, 1.807) is 17.2 Å². The van der Waals surface area contributed by atoms with Gasteiger partial charge in [-0.15, -0.1) is 0 Å². The van der Waals surface area contributed by atoms with Crippen LogP contribution in [0.1, 0.15) is 12.2 Å². The molecule has 0 aliphatic carbocycles. The third-order valence-corrected chi connectivity index (χ3v) is 4.34. The lowest BCUT2D eigenvalue weighted by Gasteiger charge is -2.26. The Morgan fingerprint density at radius 1 is 1.35 bits per heavy atom. The Bertz CT molecular complexity index is 525. The zero-order valence-electron chi connectivity index (χ0n) is 13.2. The number of amides is 2. The molecule has 2 aliphatic rings. The minimum absolute atomic E-state index is 0.00901. The molecule has 0 aromatic carbocycles. The van der Waals surface area contributed by atoms with Crippen molar-refractivity contribution < 1.29 is 18.7 Å². The number of morpholine rings is 1. The zero-order chi connectivity index (χ0) is 16.1. The average Bonchev–Trinajstić information content (AvgIpc) is 3.19. The van der Waals surface area contributed by atoms with Crippen molar-refractivity contribution in [3.63, 3.8) is 0 Å². The van der Waals surface area contributed by atoms with Crippen LogP contribution in [-0.2, 0) is 20.9 Å². The molecular formula is C16H23N3O4. The van der Waals surface area contributed by atoms with E-state index in [1.165, 1.54) is 0 Å². The molecule has 2 saturated heterocycles. The van der Waals surface area contributed by atoms with Crippen LogP contribution in [0.3, 0.4) is 0 Å². The number of rotatable bonds is 6. The van der Waals surface area contributed by atoms with E-state index in [1.807, 2.05) is 6.07 Å². The quantitative estimate of drug-likeness (QED) is 0.803. The SMILES string of the molecule is O=C(NCCN1CCOCC1)C1CC(=O)N(Cc2ccco2)C1. The summed E-state index contributed by atoms with van der Waals surface area (Å²) < 4.78 is 10.6. The van der Waals surface area contributed by atoms with Crippen molar-refractivity contribution in [3.8, 4) is 0 Å². The van der Waals surface area contributed by atoms with E-state index in [0.717, 1.165) is 38.6 Å². The Morgan fingerprint density at radius 2 is 2.17 bits per heavy atom. The number of likely N-dealkylation sites (tertiary alicyclic amines) is 1. The molecular weight excluding hydrogens is 298 g/mol. The Morgan fingerprint density at radius 3 is 2.91 bits per heavy atom. The summed E-state index contributed by atoms with van der Waals surface area (Å²) in [4.78, 5) is 28.2. The standard InChI is InChI=1S/C16H23N3O4/c20-15-10-13(11-19(15)12-14-2-1-7-23-14)16(21)17-3-4-18-5-8-22-9-6-18/h1-2,7,13H,3-6,8-12H2,(H,17,21). The molecule has 0 spiro atoms. The van der Waals surface area contributed by atoms with Crippen LogP contribution in [0.5, 0.6) is 0 Å². The molecule has 126 valence electrons. The van der Waals surface area contributed by atoms with E-state index < -0.39 is 0 Å². The van der Waals surface area contributed by atoms with Crippen LogP contribution < -0.4 is 5.32 Å². The fourth-order valence-corrected chi connectivity index (χ4v) is 3.00. The molecule has 3 heterocycles. The first-order chi connectivity index (χ1) is 11.2. The smallest absolute Gasteiger partial charge is 0.225 e. The van der Waals surface area contributed by atoms with Gasteiger partial charge in [0.1, 0.15) is 5.76 Å². The minimum atomic E-state index is -0.262. The maximum atomic E-state index is 12.2. The van der Waals surface area contributed by atoms with Gasteiger partial charge in [0.05, 0.1) is 31.9 Å². The average molecular weight is 321 g/mol. The van der Waals surface area contributed by atoms with Crippen LogP contribution in [0.15, 0.2) is 22.8 Å². The van der Waals surface area contributed by atoms with E-state index in [4.69, 9.17) is 9.15 Å². The highest BCUT2D eigenvalue weighted by Crippen LogP contribution is 2.20. The second-order valence-electron chi connectivity index (χ2n) is 6.00. The Kier molecular flexibility index (Phi) is 5.30. The molecule has 3 rings (SSSR count). The summed E-state index contributed by atoms with van der Waals surface area (Å²) in [6, 6.07) is 3.63. The van der Waals surface area contributed by atoms with Gasteiger partial charge in [-0.1, -0.05) is 0 Å². The number of hydrogen-bond acceptors (Lipinski definition) is 5. The van der Waals surface area contributed by atoms with E-state index in [-0.39, 0.29) is 24.2 Å². The van der Waals surface area contributed by atoms with E-state index in [2.05, 4.69) is 10.2 Å². The second-order valence-corrected chi connectivity index (χ2v) is 6.00. The van der Waals surface area contributed by atoms with Crippen LogP contribution in [0.25, 0.3) is 0 Å². The van der Waals surface area contributed by atoms with Crippen molar-refractivity contribution in [2.24, 2.45) is 5.92 Å². The largest absolute Gasteiger partial charge is 0.467 e. The molecule has 2 amide bonds. The molecule has 1 aromatic heterocycles. The van der Waals surface area contributed by atoms with Gasteiger partial charge in [-0.05, 0) is 12.1 Å². The van der Waals surface area contributed by atoms with Crippen molar-refractivity contribution in [2.45, 2.75) is 13.0 Å². The first-order valence-electron chi connectivity index (χ1n) is 8.10. The van der Waals surface area contributed by atoms with Gasteiger partial charge < -0.3 is 19.4 Å². The van der Waals surface area contributed by atoms with Gasteiger partial charge in [0.15, 0.2) is 0 Å². The van der Waals surface area contributed by atoms with Gasteiger partial charge in [0, 0.05) is 39.1 Å². The molecule has 7 nitrogen and oxygen atoms in total. The lowest BCUT2D eigenvalue weighted by atomic mass is 10.1. The molecule has 1 unspecified atom stereocenters. The lowest BCUT2D eigenvalue weighted by molar-refractivity contribution is -0.129. The van der Waals surface area contributed by atoms with Gasteiger partial charge in [-0.2, -0.15) is 0 Å². The Hall–Kier alpha value is -1.86. The number of furan rings is 1. The predicted octanol–water partition coefficient (Wildman–Crippen LogP) is 0.0765. The van der Waals surface area contributed by atoms with Crippen LogP contribution in [0.4, 0.5) is 0 Å². The van der Waals surface area contributed by atoms with Crippen LogP contribution in [0, 0.1) is 5.92 Å². The van der Waals surface area contributed by atoms with Gasteiger partial charge in [-0.3, -0.25) is 14.5 Å². The first kappa shape index (κ1) is 16.0. The number of nitrogens with one attached hydrogen (secondary N) is 1. The molecule has 0 bridgehead atoms. The molecule has 1 N–H and O–H groups in total. The minimum Gasteiger partial charge on any atom is -0.467 e. The summed E-state index contributed by atoms with van der Waals surface area (Å²) in [5.41, 5.74) is 0. The second kappa shape index (κ2) is 7.61. The number of ether oxygens (including phenoxy) is 1. The van der Waals surface area contributed by atoms with Gasteiger partial charge in [0.25, 0.3) is 0 Å². The summed E-state index contributed by atoms with van der Waals surface area (Å²) >= 11 is 0.